The molecule has 0 aromatic rings. The number of hydrogen-bond donors (Lipinski definition) is 0. The van der Waals surface area contributed by atoms with E-state index in [1.807, 2.05) is 0 Å². The summed E-state index contributed by atoms with van der Waals surface area (Å²) in [5.74, 6) is 0. The first kappa shape index (κ1) is 14.1. The molecule has 0 aliphatic rings. The van der Waals surface area contributed by atoms with E-state index in [1.165, 1.54) is 0 Å². The van der Waals surface area contributed by atoms with Crippen molar-refractivity contribution in [2.75, 3.05) is 0 Å². The van der Waals surface area contributed by atoms with E-state index in [2.05, 4.69) is 20.9 Å². The van der Waals surface area contributed by atoms with E-state index in [4.69, 9.17) is 0 Å². The minimum absolute atomic E-state index is 0.494. The van der Waals surface area contributed by atoms with Crippen molar-refractivity contribution in [1.82, 2.24) is 0 Å². The second-order valence-corrected chi connectivity index (χ2v) is 19.6. The van der Waals surface area contributed by atoms with Crippen LogP contribution in [0.3, 0.4) is 0 Å². The van der Waals surface area contributed by atoms with Crippen LogP contribution >= 0.6 is 0 Å². The molecule has 0 aromatic carbocycles. The Labute approximate surface area is 88.3 Å². The third-order valence-corrected chi connectivity index (χ3v) is 6.21. The summed E-state index contributed by atoms with van der Waals surface area (Å²) in [5, 5.41) is 8.63. The van der Waals surface area contributed by atoms with E-state index in [9.17, 15) is 9.59 Å². The van der Waals surface area contributed by atoms with Gasteiger partial charge in [-0.1, -0.05) is 0 Å². The summed E-state index contributed by atoms with van der Waals surface area (Å²) in [5.41, 5.74) is 0. The molecule has 0 aliphatic carbocycles. The summed E-state index contributed by atoms with van der Waals surface area (Å²) in [4.78, 5) is 21.9. The van der Waals surface area contributed by atoms with Crippen LogP contribution in [0.1, 0.15) is 32.1 Å². The summed E-state index contributed by atoms with van der Waals surface area (Å²) in [6, 6.07) is 0. The second-order valence-electron chi connectivity index (χ2n) is 6.19. The number of hydrogen-bond acceptors (Lipinski definition) is 2. The molecule has 2 nitrogen and oxygen atoms in total. The van der Waals surface area contributed by atoms with Gasteiger partial charge in [0, 0.05) is 0 Å². The maximum absolute atomic E-state index is 11.8. The topological polar surface area (TPSA) is 34.1 Å². The number of aldehydes is 1. The molecule has 0 fully saturated rings. The van der Waals surface area contributed by atoms with Crippen LogP contribution in [0.15, 0.2) is 0 Å². The molecule has 3 heteroatoms. The number of carbonyl (C=O) groups excluding carboxylic acids is 2. The van der Waals surface area contributed by atoms with Crippen LogP contribution in [-0.4, -0.2) is 10.4 Å². The van der Waals surface area contributed by atoms with Gasteiger partial charge in [-0.2, -0.15) is 0 Å². The molecule has 0 bridgehead atoms. The fraction of sp³-hybridized carbons (Fsp3) is 0.818. The standard InChI is InChI=1S/C7H11O2.4CH3.Ti/c8-6-4-2-1-3-5-7-9;;;;;/h6H,1-5H2;4*1H3;. The first-order valence-corrected chi connectivity index (χ1v) is 12.5. The zero-order valence-electron chi connectivity index (χ0n) is 9.93. The van der Waals surface area contributed by atoms with Crippen molar-refractivity contribution in [3.8, 4) is 0 Å². The Bertz CT molecular complexity index is 204. The maximum atomic E-state index is 11.8. The third kappa shape index (κ3) is 6.50. The predicted octanol–water partition coefficient (Wildman–Crippen LogP) is 3.54. The van der Waals surface area contributed by atoms with Gasteiger partial charge in [0.15, 0.2) is 0 Å². The Balaban J connectivity index is 3.71. The van der Waals surface area contributed by atoms with Gasteiger partial charge in [0.05, 0.1) is 0 Å². The van der Waals surface area contributed by atoms with Gasteiger partial charge in [-0.25, -0.2) is 0 Å². The summed E-state index contributed by atoms with van der Waals surface area (Å²) in [6.07, 6.45) is 5.20. The molecule has 0 heterocycles. The Hall–Kier alpha value is 0.0543. The normalized spacial score (nSPS) is 14.4. The quantitative estimate of drug-likeness (QED) is 0.384. The van der Waals surface area contributed by atoms with Gasteiger partial charge >= 0.3 is 88.3 Å². The van der Waals surface area contributed by atoms with Crippen molar-refractivity contribution in [2.24, 2.45) is 0 Å². The Morgan fingerprint density at radius 1 is 1.07 bits per heavy atom. The fourth-order valence-electron chi connectivity index (χ4n) is 1.19. The fourth-order valence-corrected chi connectivity index (χ4v) is 3.03. The van der Waals surface area contributed by atoms with Crippen LogP contribution in [0.5, 0.6) is 0 Å². The summed E-state index contributed by atoms with van der Waals surface area (Å²) in [6.45, 7) is 0. The molecule has 0 unspecified atom stereocenters. The van der Waals surface area contributed by atoms with E-state index in [1.54, 1.807) is 0 Å². The van der Waals surface area contributed by atoms with Crippen LogP contribution in [0, 0.1) is 0 Å². The molecule has 0 amide bonds. The van der Waals surface area contributed by atoms with E-state index in [0.717, 1.165) is 32.0 Å². The number of carbonyl (C=O) groups is 2. The Kier molecular flexibility index (Phi) is 5.24. The SMILES string of the molecule is [CH3][Ti]([CH3])([CH3])([CH3])[C](=O)CCCCCC=O. The van der Waals surface area contributed by atoms with Crippen LogP contribution in [-0.2, 0) is 24.9 Å². The molecule has 0 radical (unpaired) electrons. The number of rotatable bonds is 7. The van der Waals surface area contributed by atoms with Gasteiger partial charge in [0.1, 0.15) is 0 Å². The number of unbranched alkanes of at least 4 members (excludes halogenated alkanes) is 3. The first-order chi connectivity index (χ1) is 6.24. The molecule has 0 N–H and O–H groups in total. The molecule has 0 saturated carbocycles. The second kappa shape index (κ2) is 5.22. The first-order valence-electron chi connectivity index (χ1n) is 5.45. The van der Waals surface area contributed by atoms with Crippen molar-refractivity contribution < 1.29 is 24.9 Å². The third-order valence-electron chi connectivity index (χ3n) is 2.34. The Morgan fingerprint density at radius 2 is 1.64 bits per heavy atom. The average Bonchev–Trinajstić information content (AvgIpc) is 2.00. The molecule has 0 rings (SSSR count). The summed E-state index contributed by atoms with van der Waals surface area (Å²) >= 11 is -2.64. The molecule has 0 aliphatic heterocycles. The van der Waals surface area contributed by atoms with Crippen LogP contribution in [0.25, 0.3) is 0 Å². The van der Waals surface area contributed by atoms with Gasteiger partial charge in [0.25, 0.3) is 0 Å². The van der Waals surface area contributed by atoms with Gasteiger partial charge in [0.2, 0.25) is 0 Å². The molecule has 0 saturated heterocycles. The molecule has 83 valence electrons. The summed E-state index contributed by atoms with van der Waals surface area (Å²) < 4.78 is 0.494. The monoisotopic (exact) mass is 235 g/mol. The molecular weight excluding hydrogens is 212 g/mol. The Morgan fingerprint density at radius 3 is 2.07 bits per heavy atom. The van der Waals surface area contributed by atoms with Crippen molar-refractivity contribution in [2.45, 2.75) is 53.0 Å². The molecule has 0 atom stereocenters. The van der Waals surface area contributed by atoms with Gasteiger partial charge in [-0.05, 0) is 0 Å². The van der Waals surface area contributed by atoms with E-state index >= 15 is 0 Å². The van der Waals surface area contributed by atoms with E-state index < -0.39 is 15.3 Å². The van der Waals surface area contributed by atoms with Crippen LogP contribution < -0.4 is 0 Å². The van der Waals surface area contributed by atoms with E-state index in [0.29, 0.717) is 10.5 Å². The van der Waals surface area contributed by atoms with Crippen LogP contribution in [0.2, 0.25) is 20.9 Å². The average molecular weight is 235 g/mol. The van der Waals surface area contributed by atoms with E-state index in [-0.39, 0.29) is 0 Å². The molecular formula is C11H23O2Ti. The van der Waals surface area contributed by atoms with Crippen molar-refractivity contribution >= 4 is 10.4 Å². The zero-order chi connectivity index (χ0) is 11.3. The van der Waals surface area contributed by atoms with Crippen molar-refractivity contribution in [3.63, 3.8) is 0 Å². The van der Waals surface area contributed by atoms with Gasteiger partial charge < -0.3 is 0 Å². The predicted molar refractivity (Wildman–Crippen MR) is 57.6 cm³/mol. The molecule has 0 aromatic heterocycles. The van der Waals surface area contributed by atoms with Gasteiger partial charge in [-0.3, -0.25) is 0 Å². The minimum atomic E-state index is -2.64. The molecule has 14 heavy (non-hydrogen) atoms. The van der Waals surface area contributed by atoms with Crippen molar-refractivity contribution in [3.05, 3.63) is 0 Å². The molecule has 0 spiro atoms. The zero-order valence-corrected chi connectivity index (χ0v) is 11.5. The van der Waals surface area contributed by atoms with Crippen LogP contribution in [0.4, 0.5) is 0 Å². The summed E-state index contributed by atoms with van der Waals surface area (Å²) in [7, 11) is 0. The van der Waals surface area contributed by atoms with Crippen molar-refractivity contribution in [1.29, 1.82) is 0 Å². The van der Waals surface area contributed by atoms with Gasteiger partial charge in [-0.15, -0.1) is 0 Å².